The number of fused-ring (bicyclic) bond motifs is 2. The lowest BCUT2D eigenvalue weighted by Crippen LogP contribution is -2.39. The molecule has 0 unspecified atom stereocenters. The van der Waals surface area contributed by atoms with Crippen LogP contribution in [-0.4, -0.2) is 57.5 Å². The van der Waals surface area contributed by atoms with Crippen molar-refractivity contribution in [3.05, 3.63) is 41.9 Å². The highest BCUT2D eigenvalue weighted by Crippen LogP contribution is 2.32. The number of nitrogens with zero attached hydrogens (tertiary/aromatic N) is 4. The minimum atomic E-state index is -0.556. The number of anilines is 1. The second-order valence-corrected chi connectivity index (χ2v) is 8.25. The lowest BCUT2D eigenvalue weighted by molar-refractivity contribution is 0.0701. The molecule has 0 aliphatic carbocycles. The van der Waals surface area contributed by atoms with Crippen LogP contribution in [0, 0.1) is 0 Å². The number of carbonyl (C=O) groups excluding carboxylic acids is 2. The minimum absolute atomic E-state index is 0.101. The molecule has 0 saturated carbocycles. The van der Waals surface area contributed by atoms with Gasteiger partial charge in [-0.3, -0.25) is 14.4 Å². The Labute approximate surface area is 173 Å². The third kappa shape index (κ3) is 2.89. The summed E-state index contributed by atoms with van der Waals surface area (Å²) in [6.07, 6.45) is 1.29. The van der Waals surface area contributed by atoms with E-state index in [4.69, 9.17) is 9.47 Å². The summed E-state index contributed by atoms with van der Waals surface area (Å²) < 4.78 is 12.7. The number of methoxy groups -OCH3 is 1. The Hall–Kier alpha value is -3.49. The molecule has 2 aliphatic rings. The molecule has 156 valence electrons. The summed E-state index contributed by atoms with van der Waals surface area (Å²) in [5.74, 6) is 0.594. The standard InChI is InChI=1S/C21H23N5O4/c1-21(2)12-25(20(28)30-21)15-10-22-26-8-7-24(11-16(15)26)19(27)14-9-13-5-4-6-17(29-3)18(13)23-14/h4-6,9-10,23H,7-8,11-12H2,1-3H3. The summed E-state index contributed by atoms with van der Waals surface area (Å²) in [6.45, 7) is 5.67. The van der Waals surface area contributed by atoms with Crippen molar-refractivity contribution in [2.45, 2.75) is 32.5 Å². The molecule has 0 atom stereocenters. The van der Waals surface area contributed by atoms with Crippen molar-refractivity contribution in [3.63, 3.8) is 0 Å². The smallest absolute Gasteiger partial charge is 0.415 e. The number of ether oxygens (including phenoxy) is 2. The van der Waals surface area contributed by atoms with Crippen LogP contribution in [0.5, 0.6) is 5.75 Å². The Morgan fingerprint density at radius 2 is 2.13 bits per heavy atom. The van der Waals surface area contributed by atoms with E-state index in [9.17, 15) is 9.59 Å². The van der Waals surface area contributed by atoms with Crippen LogP contribution in [0.4, 0.5) is 10.5 Å². The summed E-state index contributed by atoms with van der Waals surface area (Å²) in [5.41, 5.74) is 2.28. The average Bonchev–Trinajstić information content (AvgIpc) is 3.40. The summed E-state index contributed by atoms with van der Waals surface area (Å²) in [7, 11) is 1.61. The van der Waals surface area contributed by atoms with Crippen molar-refractivity contribution >= 4 is 28.6 Å². The van der Waals surface area contributed by atoms with Crippen LogP contribution in [0.25, 0.3) is 10.9 Å². The van der Waals surface area contributed by atoms with E-state index in [1.165, 1.54) is 0 Å². The second kappa shape index (κ2) is 6.51. The molecule has 4 heterocycles. The highest BCUT2D eigenvalue weighted by molar-refractivity contribution is 5.99. The van der Waals surface area contributed by atoms with Crippen LogP contribution >= 0.6 is 0 Å². The maximum Gasteiger partial charge on any atom is 0.415 e. The number of aromatic nitrogens is 3. The van der Waals surface area contributed by atoms with Crippen LogP contribution in [0.1, 0.15) is 30.0 Å². The SMILES string of the molecule is COc1cccc2cc(C(=O)N3CCn4ncc(N5CC(C)(C)OC5=O)c4C3)[nH]c12. The number of benzene rings is 1. The van der Waals surface area contributed by atoms with Gasteiger partial charge in [0.25, 0.3) is 5.91 Å². The highest BCUT2D eigenvalue weighted by atomic mass is 16.6. The van der Waals surface area contributed by atoms with E-state index in [-0.39, 0.29) is 12.0 Å². The topological polar surface area (TPSA) is 92.7 Å². The molecule has 1 N–H and O–H groups in total. The summed E-state index contributed by atoms with van der Waals surface area (Å²) in [6, 6.07) is 7.53. The summed E-state index contributed by atoms with van der Waals surface area (Å²) in [4.78, 5) is 32.1. The zero-order valence-corrected chi connectivity index (χ0v) is 17.1. The molecule has 9 nitrogen and oxygen atoms in total. The molecule has 0 spiro atoms. The molecule has 0 radical (unpaired) electrons. The third-order valence-electron chi connectivity index (χ3n) is 5.62. The molecule has 2 amide bonds. The van der Waals surface area contributed by atoms with Crippen LogP contribution in [0.2, 0.25) is 0 Å². The second-order valence-electron chi connectivity index (χ2n) is 8.25. The van der Waals surface area contributed by atoms with Gasteiger partial charge in [0.2, 0.25) is 0 Å². The van der Waals surface area contributed by atoms with Gasteiger partial charge in [0.1, 0.15) is 17.0 Å². The van der Waals surface area contributed by atoms with Gasteiger partial charge >= 0.3 is 6.09 Å². The average molecular weight is 409 g/mol. The van der Waals surface area contributed by atoms with E-state index in [1.54, 1.807) is 23.1 Å². The lowest BCUT2D eigenvalue weighted by Gasteiger charge is -2.29. The van der Waals surface area contributed by atoms with Gasteiger partial charge in [-0.1, -0.05) is 12.1 Å². The molecule has 3 aromatic rings. The first kappa shape index (κ1) is 18.5. The molecule has 9 heteroatoms. The fraction of sp³-hybridized carbons (Fsp3) is 0.381. The monoisotopic (exact) mass is 409 g/mol. The number of para-hydroxylation sites is 1. The number of H-pyrrole nitrogens is 1. The molecule has 1 saturated heterocycles. The Bertz CT molecular complexity index is 1160. The molecule has 0 bridgehead atoms. The van der Waals surface area contributed by atoms with Gasteiger partial charge in [0.15, 0.2) is 0 Å². The first-order valence-electron chi connectivity index (χ1n) is 9.86. The number of hydrogen-bond acceptors (Lipinski definition) is 5. The summed E-state index contributed by atoms with van der Waals surface area (Å²) >= 11 is 0. The third-order valence-corrected chi connectivity index (χ3v) is 5.62. The Balaban J connectivity index is 1.43. The quantitative estimate of drug-likeness (QED) is 0.718. The first-order chi connectivity index (χ1) is 14.4. The van der Waals surface area contributed by atoms with Crippen molar-refractivity contribution < 1.29 is 19.1 Å². The molecule has 1 aromatic carbocycles. The van der Waals surface area contributed by atoms with Crippen LogP contribution in [-0.2, 0) is 17.8 Å². The largest absolute Gasteiger partial charge is 0.495 e. The van der Waals surface area contributed by atoms with Gasteiger partial charge in [-0.25, -0.2) is 4.79 Å². The van der Waals surface area contributed by atoms with E-state index in [0.29, 0.717) is 43.3 Å². The predicted molar refractivity (Wildman–Crippen MR) is 110 cm³/mol. The number of amides is 2. The fourth-order valence-electron chi connectivity index (χ4n) is 4.17. The van der Waals surface area contributed by atoms with Gasteiger partial charge < -0.3 is 19.4 Å². The molecule has 30 heavy (non-hydrogen) atoms. The molecular formula is C21H23N5O4. The van der Waals surface area contributed by atoms with Gasteiger partial charge in [0, 0.05) is 11.9 Å². The number of cyclic esters (lactones) is 1. The van der Waals surface area contributed by atoms with Gasteiger partial charge in [-0.15, -0.1) is 0 Å². The van der Waals surface area contributed by atoms with E-state index < -0.39 is 5.60 Å². The van der Waals surface area contributed by atoms with Crippen LogP contribution in [0.15, 0.2) is 30.5 Å². The van der Waals surface area contributed by atoms with Crippen LogP contribution < -0.4 is 9.64 Å². The molecule has 5 rings (SSSR count). The molecule has 2 aromatic heterocycles. The van der Waals surface area contributed by atoms with E-state index in [2.05, 4.69) is 10.1 Å². The van der Waals surface area contributed by atoms with Crippen molar-refractivity contribution in [2.75, 3.05) is 25.1 Å². The van der Waals surface area contributed by atoms with Gasteiger partial charge in [-0.2, -0.15) is 5.10 Å². The zero-order chi connectivity index (χ0) is 21.0. The van der Waals surface area contributed by atoms with Crippen molar-refractivity contribution in [3.8, 4) is 5.75 Å². The molecule has 1 fully saturated rings. The molecular weight excluding hydrogens is 386 g/mol. The Morgan fingerprint density at radius 1 is 1.30 bits per heavy atom. The number of carbonyl (C=O) groups is 2. The maximum atomic E-state index is 13.2. The van der Waals surface area contributed by atoms with E-state index >= 15 is 0 Å². The van der Waals surface area contributed by atoms with Crippen molar-refractivity contribution in [1.29, 1.82) is 0 Å². The summed E-state index contributed by atoms with van der Waals surface area (Å²) in [5, 5.41) is 5.33. The van der Waals surface area contributed by atoms with Crippen molar-refractivity contribution in [2.24, 2.45) is 0 Å². The highest BCUT2D eigenvalue weighted by Gasteiger charge is 2.41. The Morgan fingerprint density at radius 3 is 2.87 bits per heavy atom. The fourth-order valence-corrected chi connectivity index (χ4v) is 4.17. The van der Waals surface area contributed by atoms with Gasteiger partial charge in [0.05, 0.1) is 49.8 Å². The lowest BCUT2D eigenvalue weighted by atomic mass is 10.1. The zero-order valence-electron chi connectivity index (χ0n) is 17.1. The minimum Gasteiger partial charge on any atom is -0.495 e. The maximum absolute atomic E-state index is 13.2. The van der Waals surface area contributed by atoms with Crippen molar-refractivity contribution in [1.82, 2.24) is 19.7 Å². The van der Waals surface area contributed by atoms with Crippen LogP contribution in [0.3, 0.4) is 0 Å². The first-order valence-corrected chi connectivity index (χ1v) is 9.86. The molecule has 2 aliphatic heterocycles. The number of nitrogens with one attached hydrogen (secondary N) is 1. The number of hydrogen-bond donors (Lipinski definition) is 1. The Kier molecular flexibility index (Phi) is 4.02. The predicted octanol–water partition coefficient (Wildman–Crippen LogP) is 2.76. The number of aromatic amines is 1. The normalized spacial score (nSPS) is 17.9. The van der Waals surface area contributed by atoms with Gasteiger partial charge in [-0.05, 0) is 26.0 Å². The van der Waals surface area contributed by atoms with E-state index in [0.717, 1.165) is 16.6 Å². The van der Waals surface area contributed by atoms with E-state index in [1.807, 2.05) is 42.8 Å². The number of rotatable bonds is 3.